The fraction of sp³-hybridized carbons (Fsp3) is 1.00. The topological polar surface area (TPSA) is 0 Å². The second-order valence-corrected chi connectivity index (χ2v) is 6.73. The minimum absolute atomic E-state index is 0.131. The van der Waals surface area contributed by atoms with E-state index in [0.717, 1.165) is 6.42 Å². The lowest BCUT2D eigenvalue weighted by atomic mass is 10.3. The number of hydrogen-bond donors (Lipinski definition) is 0. The fourth-order valence-corrected chi connectivity index (χ4v) is 4.74. The van der Waals surface area contributed by atoms with Crippen LogP contribution in [0.25, 0.3) is 0 Å². The first-order valence-corrected chi connectivity index (χ1v) is 6.51. The van der Waals surface area contributed by atoms with Crippen LogP contribution in [0.1, 0.15) is 19.3 Å². The second kappa shape index (κ2) is 3.74. The Morgan fingerprint density at radius 3 is 1.62 bits per heavy atom. The van der Waals surface area contributed by atoms with Gasteiger partial charge in [-0.3, -0.25) is 0 Å². The zero-order valence-corrected chi connectivity index (χ0v) is 8.16. The van der Waals surface area contributed by atoms with Crippen LogP contribution in [0.15, 0.2) is 0 Å². The van der Waals surface area contributed by atoms with Crippen LogP contribution < -0.4 is 0 Å². The Labute approximate surface area is 77.5 Å². The van der Waals surface area contributed by atoms with Gasteiger partial charge in [-0.15, -0.1) is 0 Å². The largest absolute Gasteiger partial charge is 0.436 e. The lowest BCUT2D eigenvalue weighted by molar-refractivity contribution is -0.246. The standard InChI is InChI=1S/C5H10.C2F5.Al/c1-3-5-4-2;3-1(4)2(5,6)7;/h1-5H2;;. The molecule has 0 radical (unpaired) electrons. The van der Waals surface area contributed by atoms with Crippen molar-refractivity contribution in [1.29, 1.82) is 0 Å². The van der Waals surface area contributed by atoms with Gasteiger partial charge in [-0.25, -0.2) is 8.78 Å². The summed E-state index contributed by atoms with van der Waals surface area (Å²) >= 11 is -2.92. The van der Waals surface area contributed by atoms with Crippen LogP contribution in [0, 0.1) is 0 Å². The van der Waals surface area contributed by atoms with E-state index in [9.17, 15) is 22.0 Å². The summed E-state index contributed by atoms with van der Waals surface area (Å²) < 4.78 is 61.2. The maximum absolute atomic E-state index is 12.8. The molecule has 0 aromatic carbocycles. The van der Waals surface area contributed by atoms with Crippen molar-refractivity contribution < 1.29 is 22.0 Å². The lowest BCUT2D eigenvalue weighted by Gasteiger charge is -2.27. The monoisotopic (exact) mass is 216 g/mol. The molecule has 0 bridgehead atoms. The summed E-state index contributed by atoms with van der Waals surface area (Å²) in [7, 11) is 0. The first kappa shape index (κ1) is 11.3. The van der Waals surface area contributed by atoms with Crippen LogP contribution in [0.5, 0.6) is 0 Å². The highest BCUT2D eigenvalue weighted by molar-refractivity contribution is 6.62. The Bertz CT molecular complexity index is 170. The lowest BCUT2D eigenvalue weighted by Crippen LogP contribution is -2.50. The maximum atomic E-state index is 12.8. The van der Waals surface area contributed by atoms with Crippen LogP contribution in [0.3, 0.4) is 0 Å². The molecule has 0 aromatic heterocycles. The van der Waals surface area contributed by atoms with Crippen molar-refractivity contribution in [2.24, 2.45) is 0 Å². The quantitative estimate of drug-likeness (QED) is 0.465. The van der Waals surface area contributed by atoms with Crippen molar-refractivity contribution in [1.82, 2.24) is 0 Å². The maximum Gasteiger partial charge on any atom is 0.436 e. The predicted octanol–water partition coefficient (Wildman–Crippen LogP) is 3.40. The van der Waals surface area contributed by atoms with E-state index in [4.69, 9.17) is 0 Å². The van der Waals surface area contributed by atoms with Gasteiger partial charge in [-0.05, 0) is 0 Å². The van der Waals surface area contributed by atoms with E-state index in [1.165, 1.54) is 0 Å². The van der Waals surface area contributed by atoms with Gasteiger partial charge in [0, 0.05) is 0 Å². The van der Waals surface area contributed by atoms with Crippen molar-refractivity contribution >= 4 is 14.1 Å². The van der Waals surface area contributed by atoms with E-state index >= 15 is 0 Å². The molecule has 1 aliphatic rings. The molecule has 1 saturated heterocycles. The third-order valence-electron chi connectivity index (χ3n) is 2.50. The molecule has 0 N–H and O–H groups in total. The van der Waals surface area contributed by atoms with Crippen LogP contribution in [-0.2, 0) is 0 Å². The normalized spacial score (nSPS) is 20.5. The Hall–Kier alpha value is 0.182. The molecule has 1 aliphatic heterocycles. The molecule has 0 saturated carbocycles. The van der Waals surface area contributed by atoms with Crippen molar-refractivity contribution in [2.75, 3.05) is 0 Å². The average molecular weight is 216 g/mol. The number of halogens is 5. The third kappa shape index (κ3) is 2.35. The molecular weight excluding hydrogens is 206 g/mol. The highest BCUT2D eigenvalue weighted by atomic mass is 27.2. The van der Waals surface area contributed by atoms with Crippen molar-refractivity contribution in [2.45, 2.75) is 40.8 Å². The summed E-state index contributed by atoms with van der Waals surface area (Å²) in [6.07, 6.45) is -3.43. The molecule has 0 aliphatic carbocycles. The van der Waals surface area contributed by atoms with E-state index in [1.807, 2.05) is 0 Å². The molecule has 1 fully saturated rings. The van der Waals surface area contributed by atoms with Crippen LogP contribution in [0.4, 0.5) is 22.0 Å². The minimum atomic E-state index is -5.32. The van der Waals surface area contributed by atoms with E-state index < -0.39 is 25.1 Å². The van der Waals surface area contributed by atoms with Crippen LogP contribution >= 0.6 is 0 Å². The second-order valence-electron chi connectivity index (χ2n) is 3.46. The molecule has 6 heteroatoms. The molecule has 0 unspecified atom stereocenters. The van der Waals surface area contributed by atoms with E-state index in [2.05, 4.69) is 0 Å². The smallest absolute Gasteiger partial charge is 0.217 e. The Kier molecular flexibility index (Phi) is 3.24. The summed E-state index contributed by atoms with van der Waals surface area (Å²) in [5, 5.41) is 0.263. The van der Waals surface area contributed by atoms with Gasteiger partial charge >= 0.3 is 20.3 Å². The van der Waals surface area contributed by atoms with Gasteiger partial charge in [0.25, 0.3) is 4.78 Å². The van der Waals surface area contributed by atoms with Crippen LogP contribution in [0.2, 0.25) is 10.6 Å². The zero-order valence-electron chi connectivity index (χ0n) is 7.00. The first-order valence-electron chi connectivity index (χ1n) is 4.30. The minimum Gasteiger partial charge on any atom is -0.217 e. The van der Waals surface area contributed by atoms with Gasteiger partial charge in [0.15, 0.2) is 0 Å². The molecule has 0 amide bonds. The zero-order chi connectivity index (χ0) is 10.1. The SMILES string of the molecule is FC(F)(F)[C](F)(F)[Al]1[CH2]CCC[CH2]1. The van der Waals surface area contributed by atoms with Gasteiger partial charge in [0.1, 0.15) is 0 Å². The molecule has 76 valence electrons. The van der Waals surface area contributed by atoms with Crippen molar-refractivity contribution in [3.8, 4) is 0 Å². The summed E-state index contributed by atoms with van der Waals surface area (Å²) in [5.41, 5.74) is 0. The van der Waals surface area contributed by atoms with Gasteiger partial charge in [-0.2, -0.15) is 13.2 Å². The summed E-state index contributed by atoms with van der Waals surface area (Å²) in [6, 6.07) is 0. The Balaban J connectivity index is 2.67. The summed E-state index contributed by atoms with van der Waals surface area (Å²) in [5.74, 6) is 0. The van der Waals surface area contributed by atoms with E-state index in [1.54, 1.807) is 0 Å². The Morgan fingerprint density at radius 1 is 0.769 bits per heavy atom. The molecule has 13 heavy (non-hydrogen) atoms. The molecule has 0 atom stereocenters. The molecule has 1 rings (SSSR count). The van der Waals surface area contributed by atoms with Gasteiger partial charge in [0.05, 0.1) is 0 Å². The molecule has 0 spiro atoms. The summed E-state index contributed by atoms with van der Waals surface area (Å²) in [4.78, 5) is -4.35. The third-order valence-corrected chi connectivity index (χ3v) is 6.06. The van der Waals surface area contributed by atoms with Crippen LogP contribution in [-0.4, -0.2) is 25.1 Å². The summed E-state index contributed by atoms with van der Waals surface area (Å²) in [6.45, 7) is 0. The van der Waals surface area contributed by atoms with Crippen molar-refractivity contribution in [3.05, 3.63) is 0 Å². The average Bonchev–Trinajstić information content (AvgIpc) is 2.04. The molecule has 0 nitrogen and oxygen atoms in total. The van der Waals surface area contributed by atoms with Crippen molar-refractivity contribution in [3.63, 3.8) is 0 Å². The van der Waals surface area contributed by atoms with E-state index in [0.29, 0.717) is 12.8 Å². The first-order chi connectivity index (χ1) is 5.86. The predicted molar refractivity (Wildman–Crippen MR) is 40.2 cm³/mol. The molecular formula is C7H10AlF5. The highest BCUT2D eigenvalue weighted by Crippen LogP contribution is 2.42. The number of alkyl halides is 5. The Morgan fingerprint density at radius 2 is 1.23 bits per heavy atom. The highest BCUT2D eigenvalue weighted by Gasteiger charge is 2.63. The fourth-order valence-electron chi connectivity index (χ4n) is 1.70. The van der Waals surface area contributed by atoms with Gasteiger partial charge in [0.2, 0.25) is 0 Å². The molecule has 1 heterocycles. The number of rotatable bonds is 1. The van der Waals surface area contributed by atoms with Gasteiger partial charge < -0.3 is 0 Å². The van der Waals surface area contributed by atoms with Gasteiger partial charge in [-0.1, -0.05) is 29.8 Å². The molecule has 0 aromatic rings. The van der Waals surface area contributed by atoms with E-state index in [-0.39, 0.29) is 10.6 Å². The number of hydrogen-bond acceptors (Lipinski definition) is 0.